The van der Waals surface area contributed by atoms with Crippen molar-refractivity contribution in [2.24, 2.45) is 11.8 Å². The Bertz CT molecular complexity index is 626. The van der Waals surface area contributed by atoms with Gasteiger partial charge in [-0.05, 0) is 30.9 Å². The Morgan fingerprint density at radius 1 is 1.33 bits per heavy atom. The Kier molecular flexibility index (Phi) is 4.76. The molecule has 1 aliphatic rings. The van der Waals surface area contributed by atoms with Gasteiger partial charge >= 0.3 is 0 Å². The van der Waals surface area contributed by atoms with E-state index in [1.54, 1.807) is 0 Å². The van der Waals surface area contributed by atoms with Crippen LogP contribution in [0.5, 0.6) is 0 Å². The van der Waals surface area contributed by atoms with Crippen molar-refractivity contribution in [3.63, 3.8) is 0 Å². The number of nitro benzene ring substituents is 1. The molecule has 0 unspecified atom stereocenters. The van der Waals surface area contributed by atoms with Crippen LogP contribution >= 0.6 is 0 Å². The molecule has 21 heavy (non-hydrogen) atoms. The van der Waals surface area contributed by atoms with E-state index in [0.29, 0.717) is 18.2 Å². The third-order valence-corrected chi connectivity index (χ3v) is 5.10. The van der Waals surface area contributed by atoms with E-state index in [0.717, 1.165) is 37.8 Å². The Morgan fingerprint density at radius 3 is 2.57 bits per heavy atom. The Hall–Kier alpha value is -1.71. The van der Waals surface area contributed by atoms with Crippen LogP contribution in [0.4, 0.5) is 11.4 Å². The molecule has 0 aromatic heterocycles. The fourth-order valence-corrected chi connectivity index (χ4v) is 3.80. The van der Waals surface area contributed by atoms with Gasteiger partial charge in [0.2, 0.25) is 10.0 Å². The molecule has 1 aliphatic carbocycles. The lowest BCUT2D eigenvalue weighted by molar-refractivity contribution is -0.387. The highest BCUT2D eigenvalue weighted by molar-refractivity contribution is 7.89. The minimum Gasteiger partial charge on any atom is -0.324 e. The zero-order valence-electron chi connectivity index (χ0n) is 11.4. The number of nitro groups is 1. The van der Waals surface area contributed by atoms with Gasteiger partial charge in [-0.3, -0.25) is 16.0 Å². The molecule has 0 bridgehead atoms. The summed E-state index contributed by atoms with van der Waals surface area (Å²) in [6.07, 6.45) is 4.16. The maximum absolute atomic E-state index is 12.3. The smallest absolute Gasteiger partial charge is 0.289 e. The highest BCUT2D eigenvalue weighted by Gasteiger charge is 2.27. The summed E-state index contributed by atoms with van der Waals surface area (Å²) in [5.74, 6) is 5.53. The first-order valence-electron chi connectivity index (χ1n) is 6.69. The van der Waals surface area contributed by atoms with Crippen LogP contribution in [0.25, 0.3) is 0 Å². The van der Waals surface area contributed by atoms with Gasteiger partial charge in [0.25, 0.3) is 5.69 Å². The van der Waals surface area contributed by atoms with Crippen molar-refractivity contribution in [1.29, 1.82) is 0 Å². The molecule has 1 saturated carbocycles. The van der Waals surface area contributed by atoms with Crippen molar-refractivity contribution >= 4 is 21.4 Å². The number of nitrogens with zero attached hydrogens (tertiary/aromatic N) is 1. The number of nitrogens with two attached hydrogens (primary N) is 1. The van der Waals surface area contributed by atoms with E-state index in [9.17, 15) is 18.5 Å². The Balaban J connectivity index is 2.26. The Morgan fingerprint density at radius 2 is 2.00 bits per heavy atom. The molecule has 4 N–H and O–H groups in total. The van der Waals surface area contributed by atoms with Crippen LogP contribution in [-0.2, 0) is 10.0 Å². The van der Waals surface area contributed by atoms with E-state index in [-0.39, 0.29) is 4.90 Å². The number of nitrogens with one attached hydrogen (secondary N) is 2. The van der Waals surface area contributed by atoms with Crippen LogP contribution in [0.15, 0.2) is 23.1 Å². The fourth-order valence-electron chi connectivity index (χ4n) is 2.49. The highest BCUT2D eigenvalue weighted by atomic mass is 32.2. The van der Waals surface area contributed by atoms with E-state index in [2.05, 4.69) is 10.1 Å². The standard InChI is InChI=1S/C12H18N4O4S/c13-15-10-5-6-11(16(17)18)12(7-10)21(19,20)14-8-9-3-1-2-4-9/h5-7,9,14-15H,1-4,8,13H2. The van der Waals surface area contributed by atoms with Gasteiger partial charge in [0, 0.05) is 12.6 Å². The summed E-state index contributed by atoms with van der Waals surface area (Å²) < 4.78 is 27.1. The molecule has 0 heterocycles. The summed E-state index contributed by atoms with van der Waals surface area (Å²) in [5.41, 5.74) is 2.12. The molecule has 9 heteroatoms. The van der Waals surface area contributed by atoms with Gasteiger partial charge in [-0.1, -0.05) is 12.8 Å². The summed E-state index contributed by atoms with van der Waals surface area (Å²) >= 11 is 0. The number of hydrazine groups is 1. The number of rotatable bonds is 6. The van der Waals surface area contributed by atoms with Crippen molar-refractivity contribution in [3.05, 3.63) is 28.3 Å². The second-order valence-corrected chi connectivity index (χ2v) is 6.82. The molecule has 0 amide bonds. The van der Waals surface area contributed by atoms with E-state index >= 15 is 0 Å². The van der Waals surface area contributed by atoms with Crippen LogP contribution in [0, 0.1) is 16.0 Å². The molecule has 0 aliphatic heterocycles. The monoisotopic (exact) mass is 314 g/mol. The molecule has 116 valence electrons. The first kappa shape index (κ1) is 15.7. The zero-order valence-corrected chi connectivity index (χ0v) is 12.2. The number of sulfonamides is 1. The molecule has 0 spiro atoms. The van der Waals surface area contributed by atoms with Crippen LogP contribution in [0.1, 0.15) is 25.7 Å². The fraction of sp³-hybridized carbons (Fsp3) is 0.500. The van der Waals surface area contributed by atoms with Gasteiger partial charge < -0.3 is 5.43 Å². The van der Waals surface area contributed by atoms with E-state index in [4.69, 9.17) is 5.84 Å². The predicted molar refractivity (Wildman–Crippen MR) is 78.1 cm³/mol. The zero-order chi connectivity index (χ0) is 15.5. The van der Waals surface area contributed by atoms with E-state index < -0.39 is 20.6 Å². The molecule has 2 rings (SSSR count). The first-order chi connectivity index (χ1) is 9.94. The van der Waals surface area contributed by atoms with Gasteiger partial charge in [-0.15, -0.1) is 0 Å². The van der Waals surface area contributed by atoms with Crippen molar-refractivity contribution in [2.45, 2.75) is 30.6 Å². The van der Waals surface area contributed by atoms with Gasteiger partial charge in [0.05, 0.1) is 10.6 Å². The van der Waals surface area contributed by atoms with Crippen LogP contribution in [0.3, 0.4) is 0 Å². The minimum absolute atomic E-state index is 0.293. The Labute approximate surface area is 122 Å². The van der Waals surface area contributed by atoms with Crippen molar-refractivity contribution in [3.8, 4) is 0 Å². The summed E-state index contributed by atoms with van der Waals surface area (Å²) in [5, 5.41) is 11.0. The number of hydrogen-bond acceptors (Lipinski definition) is 6. The molecule has 8 nitrogen and oxygen atoms in total. The molecule has 0 radical (unpaired) electrons. The molecule has 0 saturated heterocycles. The third-order valence-electron chi connectivity index (χ3n) is 3.65. The van der Waals surface area contributed by atoms with Gasteiger partial charge in [-0.2, -0.15) is 0 Å². The summed E-state index contributed by atoms with van der Waals surface area (Å²) in [6, 6.07) is 3.64. The lowest BCUT2D eigenvalue weighted by Gasteiger charge is -2.12. The van der Waals surface area contributed by atoms with Crippen molar-refractivity contribution in [1.82, 2.24) is 4.72 Å². The number of anilines is 1. The second-order valence-electron chi connectivity index (χ2n) is 5.09. The van der Waals surface area contributed by atoms with E-state index in [1.165, 1.54) is 6.07 Å². The summed E-state index contributed by atoms with van der Waals surface area (Å²) in [7, 11) is -3.94. The maximum atomic E-state index is 12.3. The molecular weight excluding hydrogens is 296 g/mol. The van der Waals surface area contributed by atoms with Gasteiger partial charge in [0.15, 0.2) is 4.90 Å². The second kappa shape index (κ2) is 6.37. The quantitative estimate of drug-likeness (QED) is 0.413. The third kappa shape index (κ3) is 3.69. The average molecular weight is 314 g/mol. The van der Waals surface area contributed by atoms with E-state index in [1.807, 2.05) is 0 Å². The van der Waals surface area contributed by atoms with Gasteiger partial charge in [0.1, 0.15) is 0 Å². The first-order valence-corrected chi connectivity index (χ1v) is 8.17. The van der Waals surface area contributed by atoms with Crippen LogP contribution in [-0.4, -0.2) is 19.9 Å². The average Bonchev–Trinajstić information content (AvgIpc) is 2.98. The molecule has 1 aromatic carbocycles. The number of hydrogen-bond donors (Lipinski definition) is 3. The van der Waals surface area contributed by atoms with Crippen molar-refractivity contribution < 1.29 is 13.3 Å². The molecule has 0 atom stereocenters. The minimum atomic E-state index is -3.94. The van der Waals surface area contributed by atoms with Crippen LogP contribution < -0.4 is 16.0 Å². The molecule has 1 fully saturated rings. The van der Waals surface area contributed by atoms with Gasteiger partial charge in [-0.25, -0.2) is 13.1 Å². The maximum Gasteiger partial charge on any atom is 0.289 e. The van der Waals surface area contributed by atoms with Crippen molar-refractivity contribution in [2.75, 3.05) is 12.0 Å². The lowest BCUT2D eigenvalue weighted by atomic mass is 10.1. The molecular formula is C12H18N4O4S. The number of nitrogen functional groups attached to an aromatic ring is 1. The summed E-state index contributed by atoms with van der Waals surface area (Å²) in [6.45, 7) is 0.305. The predicted octanol–water partition coefficient (Wildman–Crippen LogP) is 1.35. The molecule has 1 aromatic rings. The SMILES string of the molecule is NNc1ccc([N+](=O)[O-])c(S(=O)(=O)NCC2CCCC2)c1. The number of benzene rings is 1. The lowest BCUT2D eigenvalue weighted by Crippen LogP contribution is -2.29. The summed E-state index contributed by atoms with van der Waals surface area (Å²) in [4.78, 5) is 9.90. The van der Waals surface area contributed by atoms with Crippen LogP contribution in [0.2, 0.25) is 0 Å². The largest absolute Gasteiger partial charge is 0.324 e. The highest BCUT2D eigenvalue weighted by Crippen LogP contribution is 2.28. The topological polar surface area (TPSA) is 127 Å². The normalized spacial score (nSPS) is 16.0.